The zero-order chi connectivity index (χ0) is 12.0. The van der Waals surface area contributed by atoms with E-state index in [0.717, 1.165) is 11.1 Å². The fourth-order valence-electron chi connectivity index (χ4n) is 1.26. The minimum absolute atomic E-state index is 0.255. The van der Waals surface area contributed by atoms with Gasteiger partial charge >= 0.3 is 5.97 Å². The first-order chi connectivity index (χ1) is 7.67. The highest BCUT2D eigenvalue weighted by atomic mass is 16.5. The van der Waals surface area contributed by atoms with Crippen LogP contribution in [-0.4, -0.2) is 25.2 Å². The van der Waals surface area contributed by atoms with Crippen molar-refractivity contribution in [3.8, 4) is 5.88 Å². The highest BCUT2D eigenvalue weighted by molar-refractivity contribution is 5.72. The fraction of sp³-hybridized carbons (Fsp3) is 0.333. The molecule has 86 valence electrons. The Morgan fingerprint density at radius 2 is 2.25 bits per heavy atom. The van der Waals surface area contributed by atoms with Crippen LogP contribution in [0.15, 0.2) is 18.3 Å². The molecule has 4 nitrogen and oxygen atoms in total. The van der Waals surface area contributed by atoms with Gasteiger partial charge in [-0.05, 0) is 18.6 Å². The Kier molecular flexibility index (Phi) is 4.51. The maximum Gasteiger partial charge on any atom is 0.309 e. The lowest BCUT2D eigenvalue weighted by Gasteiger charge is -2.03. The van der Waals surface area contributed by atoms with E-state index >= 15 is 0 Å². The van der Waals surface area contributed by atoms with Gasteiger partial charge in [0, 0.05) is 11.8 Å². The van der Waals surface area contributed by atoms with Crippen LogP contribution in [0, 0.1) is 6.92 Å². The van der Waals surface area contributed by atoms with Crippen molar-refractivity contribution in [1.82, 2.24) is 4.98 Å². The molecule has 0 aromatic carbocycles. The maximum absolute atomic E-state index is 10.9. The molecule has 0 spiro atoms. The maximum atomic E-state index is 10.9. The topological polar surface area (TPSA) is 48.4 Å². The lowest BCUT2D eigenvalue weighted by Crippen LogP contribution is -1.96. The SMILES string of the molecule is COC(=O)CC=Cc1cnc(OC)c(C)c1. The molecule has 0 saturated carbocycles. The quantitative estimate of drug-likeness (QED) is 0.729. The average molecular weight is 221 g/mol. The molecular formula is C12H15NO3. The summed E-state index contributed by atoms with van der Waals surface area (Å²) in [7, 11) is 2.96. The number of rotatable bonds is 4. The van der Waals surface area contributed by atoms with E-state index in [-0.39, 0.29) is 12.4 Å². The van der Waals surface area contributed by atoms with Gasteiger partial charge in [-0.1, -0.05) is 12.2 Å². The molecule has 0 unspecified atom stereocenters. The molecule has 1 heterocycles. The van der Waals surface area contributed by atoms with Crippen molar-refractivity contribution in [3.63, 3.8) is 0 Å². The van der Waals surface area contributed by atoms with Crippen molar-refractivity contribution < 1.29 is 14.3 Å². The molecule has 0 aliphatic rings. The third-order valence-electron chi connectivity index (χ3n) is 2.07. The van der Waals surface area contributed by atoms with Gasteiger partial charge in [-0.25, -0.2) is 4.98 Å². The van der Waals surface area contributed by atoms with Gasteiger partial charge in [0.15, 0.2) is 0 Å². The predicted molar refractivity (Wildman–Crippen MR) is 61.2 cm³/mol. The molecule has 0 atom stereocenters. The molecule has 0 saturated heterocycles. The Labute approximate surface area is 94.9 Å². The Bertz CT molecular complexity index is 399. The first-order valence-corrected chi connectivity index (χ1v) is 4.91. The van der Waals surface area contributed by atoms with Gasteiger partial charge in [0.05, 0.1) is 20.6 Å². The molecule has 1 rings (SSSR count). The summed E-state index contributed by atoms with van der Waals surface area (Å²) in [5.41, 5.74) is 1.89. The first-order valence-electron chi connectivity index (χ1n) is 4.91. The van der Waals surface area contributed by atoms with Crippen LogP contribution in [0.2, 0.25) is 0 Å². The van der Waals surface area contributed by atoms with E-state index in [1.165, 1.54) is 7.11 Å². The molecule has 0 aliphatic carbocycles. The molecule has 0 N–H and O–H groups in total. The predicted octanol–water partition coefficient (Wildman–Crippen LogP) is 1.97. The van der Waals surface area contributed by atoms with Crippen molar-refractivity contribution >= 4 is 12.0 Å². The van der Waals surface area contributed by atoms with E-state index in [4.69, 9.17) is 4.74 Å². The number of aryl methyl sites for hydroxylation is 1. The number of hydrogen-bond acceptors (Lipinski definition) is 4. The second-order valence-electron chi connectivity index (χ2n) is 3.28. The molecule has 4 heteroatoms. The number of nitrogens with zero attached hydrogens (tertiary/aromatic N) is 1. The highest BCUT2D eigenvalue weighted by Crippen LogP contribution is 2.15. The van der Waals surface area contributed by atoms with Crippen LogP contribution in [0.5, 0.6) is 5.88 Å². The standard InChI is InChI=1S/C12H15NO3/c1-9-7-10(8-13-12(9)16-3)5-4-6-11(14)15-2/h4-5,7-8H,6H2,1-3H3. The fourth-order valence-corrected chi connectivity index (χ4v) is 1.26. The van der Waals surface area contributed by atoms with Crippen LogP contribution >= 0.6 is 0 Å². The Morgan fingerprint density at radius 1 is 1.50 bits per heavy atom. The van der Waals surface area contributed by atoms with Gasteiger partial charge in [0.2, 0.25) is 5.88 Å². The summed E-state index contributed by atoms with van der Waals surface area (Å²) in [6.45, 7) is 1.92. The molecule has 1 aromatic heterocycles. The lowest BCUT2D eigenvalue weighted by atomic mass is 10.2. The largest absolute Gasteiger partial charge is 0.481 e. The first kappa shape index (κ1) is 12.2. The summed E-state index contributed by atoms with van der Waals surface area (Å²) in [5.74, 6) is 0.361. The lowest BCUT2D eigenvalue weighted by molar-refractivity contribution is -0.139. The second-order valence-corrected chi connectivity index (χ2v) is 3.28. The van der Waals surface area contributed by atoms with Gasteiger partial charge in [-0.2, -0.15) is 0 Å². The van der Waals surface area contributed by atoms with Gasteiger partial charge in [0.25, 0.3) is 0 Å². The van der Waals surface area contributed by atoms with Crippen molar-refractivity contribution in [3.05, 3.63) is 29.5 Å². The van der Waals surface area contributed by atoms with Crippen LogP contribution in [0.3, 0.4) is 0 Å². The third kappa shape index (κ3) is 3.38. The van der Waals surface area contributed by atoms with Crippen LogP contribution < -0.4 is 4.74 Å². The molecule has 0 radical (unpaired) electrons. The number of pyridine rings is 1. The average Bonchev–Trinajstić information content (AvgIpc) is 2.29. The molecular weight excluding hydrogens is 206 g/mol. The van der Waals surface area contributed by atoms with E-state index < -0.39 is 0 Å². The summed E-state index contributed by atoms with van der Waals surface area (Å²) in [6, 6.07) is 1.94. The summed E-state index contributed by atoms with van der Waals surface area (Å²) in [6.07, 6.45) is 5.53. The van der Waals surface area contributed by atoms with Gasteiger partial charge in [-0.15, -0.1) is 0 Å². The Balaban J connectivity index is 2.68. The van der Waals surface area contributed by atoms with Crippen LogP contribution in [0.25, 0.3) is 6.08 Å². The van der Waals surface area contributed by atoms with E-state index in [2.05, 4.69) is 9.72 Å². The van der Waals surface area contributed by atoms with E-state index in [9.17, 15) is 4.79 Å². The minimum atomic E-state index is -0.255. The number of ether oxygens (including phenoxy) is 2. The van der Waals surface area contributed by atoms with Crippen molar-refractivity contribution in [2.24, 2.45) is 0 Å². The number of methoxy groups -OCH3 is 2. The van der Waals surface area contributed by atoms with Crippen LogP contribution in [0.4, 0.5) is 0 Å². The number of carbonyl (C=O) groups excluding carboxylic acids is 1. The number of carbonyl (C=O) groups is 1. The summed E-state index contributed by atoms with van der Waals surface area (Å²) < 4.78 is 9.57. The summed E-state index contributed by atoms with van der Waals surface area (Å²) in [4.78, 5) is 15.0. The van der Waals surface area contributed by atoms with E-state index in [1.807, 2.05) is 19.1 Å². The number of esters is 1. The monoisotopic (exact) mass is 221 g/mol. The van der Waals surface area contributed by atoms with Crippen molar-refractivity contribution in [2.75, 3.05) is 14.2 Å². The van der Waals surface area contributed by atoms with E-state index in [0.29, 0.717) is 5.88 Å². The minimum Gasteiger partial charge on any atom is -0.481 e. The second kappa shape index (κ2) is 5.90. The zero-order valence-corrected chi connectivity index (χ0v) is 9.69. The van der Waals surface area contributed by atoms with Crippen LogP contribution in [0.1, 0.15) is 17.5 Å². The molecule has 0 bridgehead atoms. The normalized spacial score (nSPS) is 10.4. The van der Waals surface area contributed by atoms with Gasteiger partial charge in [-0.3, -0.25) is 4.79 Å². The van der Waals surface area contributed by atoms with E-state index in [1.54, 1.807) is 19.4 Å². The molecule has 0 fully saturated rings. The summed E-state index contributed by atoms with van der Waals surface area (Å²) in [5, 5.41) is 0. The molecule has 1 aromatic rings. The zero-order valence-electron chi connectivity index (χ0n) is 9.69. The number of aromatic nitrogens is 1. The number of hydrogen-bond donors (Lipinski definition) is 0. The van der Waals surface area contributed by atoms with Gasteiger partial charge in [0.1, 0.15) is 0 Å². The highest BCUT2D eigenvalue weighted by Gasteiger charge is 1.99. The van der Waals surface area contributed by atoms with Crippen LogP contribution in [-0.2, 0) is 9.53 Å². The molecule has 0 aliphatic heterocycles. The molecule has 16 heavy (non-hydrogen) atoms. The Hall–Kier alpha value is -1.84. The summed E-state index contributed by atoms with van der Waals surface area (Å²) >= 11 is 0. The molecule has 0 amide bonds. The van der Waals surface area contributed by atoms with Crippen molar-refractivity contribution in [2.45, 2.75) is 13.3 Å². The Morgan fingerprint density at radius 3 is 2.81 bits per heavy atom. The smallest absolute Gasteiger partial charge is 0.309 e. The van der Waals surface area contributed by atoms with Crippen molar-refractivity contribution in [1.29, 1.82) is 0 Å². The van der Waals surface area contributed by atoms with Gasteiger partial charge < -0.3 is 9.47 Å². The third-order valence-corrected chi connectivity index (χ3v) is 2.07.